The minimum Gasteiger partial charge on any atom is -0.319 e. The summed E-state index contributed by atoms with van der Waals surface area (Å²) in [7, 11) is 1.83. The lowest BCUT2D eigenvalue weighted by Gasteiger charge is -2.00. The third-order valence-corrected chi connectivity index (χ3v) is 3.60. The van der Waals surface area contributed by atoms with Gasteiger partial charge in [-0.25, -0.2) is 8.78 Å². The Kier molecular flexibility index (Phi) is 4.21. The van der Waals surface area contributed by atoms with E-state index in [2.05, 4.69) is 15.5 Å². The van der Waals surface area contributed by atoms with Crippen LogP contribution in [0.15, 0.2) is 12.1 Å². The number of hydrogen-bond acceptors (Lipinski definition) is 4. The summed E-state index contributed by atoms with van der Waals surface area (Å²) in [4.78, 5) is 0. The van der Waals surface area contributed by atoms with Gasteiger partial charge in [0.25, 0.3) is 0 Å². The van der Waals surface area contributed by atoms with Crippen molar-refractivity contribution < 1.29 is 8.78 Å². The third-order valence-electron chi connectivity index (χ3n) is 2.30. The summed E-state index contributed by atoms with van der Waals surface area (Å²) in [5.41, 5.74) is 0.0881. The number of benzene rings is 1. The van der Waals surface area contributed by atoms with E-state index in [0.717, 1.165) is 23.7 Å². The quantitative estimate of drug-likeness (QED) is 0.880. The number of nitrogens with zero attached hydrogens (tertiary/aromatic N) is 2. The van der Waals surface area contributed by atoms with Gasteiger partial charge in [0, 0.05) is 13.0 Å². The van der Waals surface area contributed by atoms with Crippen LogP contribution in [0.3, 0.4) is 0 Å². The van der Waals surface area contributed by atoms with Crippen LogP contribution in [0.2, 0.25) is 5.02 Å². The standard InChI is InChI=1S/C11H10ClF2N3S/c1-15-3-2-10-16-17-11(18-10)6-4-9(14)7(12)5-8(6)13/h4-5,15H,2-3H2,1H3. The Hall–Kier alpha value is -1.11. The number of hydrogen-bond donors (Lipinski definition) is 1. The van der Waals surface area contributed by atoms with Gasteiger partial charge in [-0.2, -0.15) is 0 Å². The summed E-state index contributed by atoms with van der Waals surface area (Å²) in [6.45, 7) is 0.756. The van der Waals surface area contributed by atoms with Crippen LogP contribution < -0.4 is 5.32 Å². The van der Waals surface area contributed by atoms with Gasteiger partial charge in [-0.3, -0.25) is 0 Å². The highest BCUT2D eigenvalue weighted by Crippen LogP contribution is 2.29. The molecule has 0 radical (unpaired) electrons. The van der Waals surface area contributed by atoms with Crippen molar-refractivity contribution in [3.05, 3.63) is 33.8 Å². The Morgan fingerprint density at radius 2 is 2.06 bits per heavy atom. The molecular weight excluding hydrogens is 280 g/mol. The average Bonchev–Trinajstić information content (AvgIpc) is 2.79. The van der Waals surface area contributed by atoms with E-state index in [1.807, 2.05) is 7.05 Å². The highest BCUT2D eigenvalue weighted by atomic mass is 35.5. The monoisotopic (exact) mass is 289 g/mol. The van der Waals surface area contributed by atoms with E-state index in [9.17, 15) is 8.78 Å². The second kappa shape index (κ2) is 5.69. The van der Waals surface area contributed by atoms with Crippen LogP contribution in [0.5, 0.6) is 0 Å². The zero-order valence-corrected chi connectivity index (χ0v) is 11.1. The van der Waals surface area contributed by atoms with Gasteiger partial charge in [0.1, 0.15) is 16.6 Å². The van der Waals surface area contributed by atoms with Gasteiger partial charge >= 0.3 is 0 Å². The molecule has 0 bridgehead atoms. The van der Waals surface area contributed by atoms with E-state index < -0.39 is 11.6 Å². The van der Waals surface area contributed by atoms with Crippen LogP contribution in [-0.2, 0) is 6.42 Å². The molecule has 0 atom stereocenters. The van der Waals surface area contributed by atoms with E-state index in [4.69, 9.17) is 11.6 Å². The van der Waals surface area contributed by atoms with Gasteiger partial charge in [0.2, 0.25) is 0 Å². The van der Waals surface area contributed by atoms with Crippen molar-refractivity contribution in [2.75, 3.05) is 13.6 Å². The van der Waals surface area contributed by atoms with Crippen molar-refractivity contribution in [1.29, 1.82) is 0 Å². The fourth-order valence-electron chi connectivity index (χ4n) is 1.38. The molecule has 18 heavy (non-hydrogen) atoms. The second-order valence-corrected chi connectivity index (χ2v) is 5.07. The van der Waals surface area contributed by atoms with Crippen LogP contribution in [0.4, 0.5) is 8.78 Å². The normalized spacial score (nSPS) is 10.9. The molecule has 3 nitrogen and oxygen atoms in total. The molecule has 1 aromatic heterocycles. The minimum absolute atomic E-state index is 0.0881. The molecule has 0 saturated carbocycles. The lowest BCUT2D eigenvalue weighted by Crippen LogP contribution is -2.09. The maximum absolute atomic E-state index is 13.7. The van der Waals surface area contributed by atoms with E-state index in [1.54, 1.807) is 0 Å². The predicted molar refractivity (Wildman–Crippen MR) is 67.9 cm³/mol. The van der Waals surface area contributed by atoms with Crippen molar-refractivity contribution in [2.45, 2.75) is 6.42 Å². The largest absolute Gasteiger partial charge is 0.319 e. The first kappa shape index (κ1) is 13.3. The van der Waals surface area contributed by atoms with Crippen molar-refractivity contribution in [3.8, 4) is 10.6 Å². The first-order valence-electron chi connectivity index (χ1n) is 5.23. The maximum Gasteiger partial charge on any atom is 0.150 e. The fraction of sp³-hybridized carbons (Fsp3) is 0.273. The molecule has 0 amide bonds. The zero-order valence-electron chi connectivity index (χ0n) is 9.51. The third kappa shape index (κ3) is 2.82. The Labute approximate surface area is 112 Å². The lowest BCUT2D eigenvalue weighted by molar-refractivity contribution is 0.603. The van der Waals surface area contributed by atoms with Crippen LogP contribution in [-0.4, -0.2) is 23.8 Å². The molecule has 0 saturated heterocycles. The SMILES string of the molecule is CNCCc1nnc(-c2cc(F)c(Cl)cc2F)s1. The number of aromatic nitrogens is 2. The lowest BCUT2D eigenvalue weighted by atomic mass is 10.2. The molecule has 1 aromatic carbocycles. The Morgan fingerprint density at radius 1 is 1.28 bits per heavy atom. The van der Waals surface area contributed by atoms with Crippen molar-refractivity contribution in [1.82, 2.24) is 15.5 Å². The number of likely N-dealkylation sites (N-methyl/N-ethyl adjacent to an activating group) is 1. The van der Waals surface area contributed by atoms with Crippen LogP contribution in [0, 0.1) is 11.6 Å². The molecule has 0 aliphatic heterocycles. The number of nitrogens with one attached hydrogen (secondary N) is 1. The molecule has 0 unspecified atom stereocenters. The van der Waals surface area contributed by atoms with Crippen molar-refractivity contribution >= 4 is 22.9 Å². The average molecular weight is 290 g/mol. The second-order valence-electron chi connectivity index (χ2n) is 3.60. The van der Waals surface area contributed by atoms with E-state index in [-0.39, 0.29) is 10.6 Å². The summed E-state index contributed by atoms with van der Waals surface area (Å²) in [6, 6.07) is 1.99. The molecule has 1 N–H and O–H groups in total. The minimum atomic E-state index is -0.667. The molecule has 2 aromatic rings. The van der Waals surface area contributed by atoms with Crippen LogP contribution in [0.25, 0.3) is 10.6 Å². The molecule has 0 spiro atoms. The van der Waals surface area contributed by atoms with Gasteiger partial charge in [-0.1, -0.05) is 22.9 Å². The molecule has 1 heterocycles. The molecule has 0 fully saturated rings. The Morgan fingerprint density at radius 3 is 2.78 bits per heavy atom. The summed E-state index contributed by atoms with van der Waals surface area (Å²) >= 11 is 6.73. The van der Waals surface area contributed by atoms with Gasteiger partial charge in [0.05, 0.1) is 10.6 Å². The topological polar surface area (TPSA) is 37.8 Å². The van der Waals surface area contributed by atoms with Crippen LogP contribution in [0.1, 0.15) is 5.01 Å². The molecule has 0 aliphatic rings. The van der Waals surface area contributed by atoms with E-state index in [1.165, 1.54) is 11.3 Å². The fourth-order valence-corrected chi connectivity index (χ4v) is 2.39. The summed E-state index contributed by atoms with van der Waals surface area (Å²) < 4.78 is 27.0. The molecule has 2 rings (SSSR count). The van der Waals surface area contributed by atoms with Gasteiger partial charge in [-0.05, 0) is 19.2 Å². The predicted octanol–water partition coefficient (Wildman–Crippen LogP) is 2.90. The Bertz CT molecular complexity index is 559. The van der Waals surface area contributed by atoms with E-state index in [0.29, 0.717) is 11.4 Å². The highest BCUT2D eigenvalue weighted by Gasteiger charge is 2.14. The number of halogens is 3. The molecule has 0 aliphatic carbocycles. The smallest absolute Gasteiger partial charge is 0.150 e. The van der Waals surface area contributed by atoms with Gasteiger partial charge in [-0.15, -0.1) is 10.2 Å². The van der Waals surface area contributed by atoms with Gasteiger partial charge in [0.15, 0.2) is 5.01 Å². The maximum atomic E-state index is 13.7. The van der Waals surface area contributed by atoms with Crippen LogP contribution >= 0.6 is 22.9 Å². The Balaban J connectivity index is 2.31. The molecule has 96 valence electrons. The molecule has 7 heteroatoms. The number of rotatable bonds is 4. The van der Waals surface area contributed by atoms with Gasteiger partial charge < -0.3 is 5.32 Å². The van der Waals surface area contributed by atoms with E-state index >= 15 is 0 Å². The van der Waals surface area contributed by atoms with Crippen molar-refractivity contribution in [2.24, 2.45) is 0 Å². The zero-order chi connectivity index (χ0) is 13.1. The van der Waals surface area contributed by atoms with Crippen molar-refractivity contribution in [3.63, 3.8) is 0 Å². The summed E-state index contributed by atoms with van der Waals surface area (Å²) in [5, 5.41) is 11.7. The first-order chi connectivity index (χ1) is 8.61. The summed E-state index contributed by atoms with van der Waals surface area (Å²) in [6.07, 6.45) is 0.700. The summed E-state index contributed by atoms with van der Waals surface area (Å²) in [5.74, 6) is -1.27. The highest BCUT2D eigenvalue weighted by molar-refractivity contribution is 7.14. The molecular formula is C11H10ClF2N3S. The first-order valence-corrected chi connectivity index (χ1v) is 6.43.